The van der Waals surface area contributed by atoms with E-state index >= 15 is 0 Å². The summed E-state index contributed by atoms with van der Waals surface area (Å²) in [6.07, 6.45) is 1.98. The summed E-state index contributed by atoms with van der Waals surface area (Å²) in [6, 6.07) is 11.9. The zero-order valence-electron chi connectivity index (χ0n) is 16.0. The Labute approximate surface area is 164 Å². The number of carbonyl (C=O) groups excluding carboxylic acids is 1. The van der Waals surface area contributed by atoms with Crippen LogP contribution in [-0.2, 0) is 11.2 Å². The molecule has 27 heavy (non-hydrogen) atoms. The Kier molecular flexibility index (Phi) is 6.50. The van der Waals surface area contributed by atoms with Crippen molar-refractivity contribution in [3.05, 3.63) is 42.0 Å². The van der Waals surface area contributed by atoms with E-state index in [1.165, 1.54) is 4.90 Å². The summed E-state index contributed by atoms with van der Waals surface area (Å²) in [5, 5.41) is 0. The lowest BCUT2D eigenvalue weighted by Crippen LogP contribution is -2.32. The van der Waals surface area contributed by atoms with Crippen LogP contribution in [0.2, 0.25) is 0 Å². The third-order valence-electron chi connectivity index (χ3n) is 4.63. The second kappa shape index (κ2) is 9.04. The number of para-hydroxylation sites is 1. The highest BCUT2D eigenvalue weighted by atomic mass is 32.2. The van der Waals surface area contributed by atoms with Crippen molar-refractivity contribution in [1.82, 2.24) is 0 Å². The van der Waals surface area contributed by atoms with E-state index in [0.29, 0.717) is 30.1 Å². The van der Waals surface area contributed by atoms with Crippen LogP contribution < -0.4 is 19.1 Å². The van der Waals surface area contributed by atoms with Gasteiger partial charge in [-0.05, 0) is 42.4 Å². The van der Waals surface area contributed by atoms with Crippen LogP contribution in [0, 0.1) is 0 Å². The molecule has 0 N–H and O–H groups in total. The summed E-state index contributed by atoms with van der Waals surface area (Å²) in [6.45, 7) is 0.756. The number of ether oxygens (including phenoxy) is 3. The van der Waals surface area contributed by atoms with Gasteiger partial charge in [0.2, 0.25) is 11.7 Å². The van der Waals surface area contributed by atoms with Gasteiger partial charge in [0.1, 0.15) is 0 Å². The summed E-state index contributed by atoms with van der Waals surface area (Å²) < 4.78 is 16.3. The number of hydrogen-bond donors (Lipinski definition) is 0. The van der Waals surface area contributed by atoms with Gasteiger partial charge in [0.05, 0.1) is 27.0 Å². The van der Waals surface area contributed by atoms with Crippen molar-refractivity contribution >= 4 is 23.4 Å². The second-order valence-electron chi connectivity index (χ2n) is 6.21. The summed E-state index contributed by atoms with van der Waals surface area (Å²) in [5.41, 5.74) is 1.95. The minimum Gasteiger partial charge on any atom is -0.493 e. The number of anilines is 1. The number of methoxy groups -OCH3 is 3. The maximum Gasteiger partial charge on any atom is 0.227 e. The van der Waals surface area contributed by atoms with Crippen molar-refractivity contribution in [2.24, 2.45) is 0 Å². The van der Waals surface area contributed by atoms with Gasteiger partial charge in [-0.3, -0.25) is 4.79 Å². The number of amides is 1. The Morgan fingerprint density at radius 2 is 1.81 bits per heavy atom. The third kappa shape index (κ3) is 4.16. The molecule has 0 radical (unpaired) electrons. The molecule has 1 amide bonds. The fourth-order valence-corrected chi connectivity index (χ4v) is 4.32. The Balaban J connectivity index is 1.78. The topological polar surface area (TPSA) is 48.0 Å². The largest absolute Gasteiger partial charge is 0.493 e. The smallest absolute Gasteiger partial charge is 0.227 e. The van der Waals surface area contributed by atoms with Crippen LogP contribution in [-0.4, -0.2) is 39.5 Å². The zero-order chi connectivity index (χ0) is 19.2. The lowest BCUT2D eigenvalue weighted by Gasteiger charge is -2.23. The number of hydrogen-bond acceptors (Lipinski definition) is 5. The average molecular weight is 388 g/mol. The molecule has 3 rings (SSSR count). The molecule has 2 aromatic rings. The monoisotopic (exact) mass is 387 g/mol. The van der Waals surface area contributed by atoms with E-state index in [4.69, 9.17) is 14.2 Å². The molecule has 0 saturated heterocycles. The Morgan fingerprint density at radius 1 is 1.04 bits per heavy atom. The van der Waals surface area contributed by atoms with Gasteiger partial charge in [-0.2, -0.15) is 0 Å². The van der Waals surface area contributed by atoms with Crippen LogP contribution in [0.15, 0.2) is 41.3 Å². The number of rotatable bonds is 6. The summed E-state index contributed by atoms with van der Waals surface area (Å²) in [5.74, 6) is 2.95. The number of fused-ring (bicyclic) bond motifs is 1. The number of nitrogens with zero attached hydrogens (tertiary/aromatic N) is 1. The average Bonchev–Trinajstić information content (AvgIpc) is 2.93. The molecular weight excluding hydrogens is 362 g/mol. The Morgan fingerprint density at radius 3 is 2.56 bits per heavy atom. The van der Waals surface area contributed by atoms with Crippen molar-refractivity contribution in [2.45, 2.75) is 24.2 Å². The van der Waals surface area contributed by atoms with Crippen LogP contribution >= 0.6 is 11.8 Å². The van der Waals surface area contributed by atoms with E-state index in [0.717, 1.165) is 30.0 Å². The maximum absolute atomic E-state index is 13.0. The number of thioether (sulfide) groups is 1. The molecule has 0 spiro atoms. The maximum atomic E-state index is 13.0. The molecule has 2 aromatic carbocycles. The van der Waals surface area contributed by atoms with Crippen molar-refractivity contribution in [3.8, 4) is 17.2 Å². The normalized spacial score (nSPS) is 13.5. The van der Waals surface area contributed by atoms with Gasteiger partial charge in [-0.1, -0.05) is 18.2 Å². The number of benzene rings is 2. The fourth-order valence-electron chi connectivity index (χ4n) is 3.32. The fraction of sp³-hybridized carbons (Fsp3) is 0.381. The van der Waals surface area contributed by atoms with Gasteiger partial charge in [0.15, 0.2) is 11.5 Å². The summed E-state index contributed by atoms with van der Waals surface area (Å²) in [4.78, 5) is 16.1. The van der Waals surface area contributed by atoms with Gasteiger partial charge in [0, 0.05) is 17.9 Å². The first-order valence-corrected chi connectivity index (χ1v) is 9.98. The first-order valence-electron chi connectivity index (χ1n) is 8.99. The molecule has 0 bridgehead atoms. The van der Waals surface area contributed by atoms with Gasteiger partial charge in [-0.15, -0.1) is 11.8 Å². The summed E-state index contributed by atoms with van der Waals surface area (Å²) >= 11 is 1.82. The van der Waals surface area contributed by atoms with E-state index in [-0.39, 0.29) is 5.91 Å². The summed E-state index contributed by atoms with van der Waals surface area (Å²) in [7, 11) is 4.78. The predicted octanol–water partition coefficient (Wildman–Crippen LogP) is 4.17. The quantitative estimate of drug-likeness (QED) is 0.744. The van der Waals surface area contributed by atoms with E-state index in [2.05, 4.69) is 6.07 Å². The molecule has 1 aliphatic rings. The molecular formula is C21H25NO4S. The number of carbonyl (C=O) groups is 1. The first-order chi connectivity index (χ1) is 13.2. The predicted molar refractivity (Wildman–Crippen MR) is 109 cm³/mol. The lowest BCUT2D eigenvalue weighted by atomic mass is 10.1. The molecule has 5 nitrogen and oxygen atoms in total. The third-order valence-corrected chi connectivity index (χ3v) is 5.78. The molecule has 144 valence electrons. The van der Waals surface area contributed by atoms with Crippen LogP contribution in [0.1, 0.15) is 18.4 Å². The van der Waals surface area contributed by atoms with E-state index in [1.54, 1.807) is 21.3 Å². The zero-order valence-corrected chi connectivity index (χ0v) is 16.8. The Hall–Kier alpha value is -2.34. The first kappa shape index (κ1) is 19.4. The number of aryl methyl sites for hydroxylation is 1. The van der Waals surface area contributed by atoms with Crippen molar-refractivity contribution < 1.29 is 19.0 Å². The van der Waals surface area contributed by atoms with E-state index in [9.17, 15) is 4.79 Å². The SMILES string of the molecule is COc1ccc(CCC(=O)N2CCCSc3ccccc32)c(OC)c1OC. The van der Waals surface area contributed by atoms with E-state index < -0.39 is 0 Å². The highest BCUT2D eigenvalue weighted by Gasteiger charge is 2.22. The standard InChI is InChI=1S/C21H25NO4S/c1-24-17-11-9-15(20(25-2)21(17)26-3)10-12-19(23)22-13-6-14-27-18-8-5-4-7-16(18)22/h4-5,7-9,11H,6,10,12-14H2,1-3H3. The molecule has 0 aromatic heterocycles. The van der Waals surface area contributed by atoms with Crippen molar-refractivity contribution in [2.75, 3.05) is 38.5 Å². The highest BCUT2D eigenvalue weighted by Crippen LogP contribution is 2.40. The molecule has 0 unspecified atom stereocenters. The second-order valence-corrected chi connectivity index (χ2v) is 7.35. The lowest BCUT2D eigenvalue weighted by molar-refractivity contribution is -0.118. The molecule has 0 aliphatic carbocycles. The van der Waals surface area contributed by atoms with Gasteiger partial charge >= 0.3 is 0 Å². The van der Waals surface area contributed by atoms with Gasteiger partial charge in [0.25, 0.3) is 0 Å². The van der Waals surface area contributed by atoms with Crippen molar-refractivity contribution in [1.29, 1.82) is 0 Å². The highest BCUT2D eigenvalue weighted by molar-refractivity contribution is 7.99. The van der Waals surface area contributed by atoms with Crippen LogP contribution in [0.4, 0.5) is 5.69 Å². The Bertz CT molecular complexity index is 809. The van der Waals surface area contributed by atoms with Gasteiger partial charge in [-0.25, -0.2) is 0 Å². The van der Waals surface area contributed by atoms with Gasteiger partial charge < -0.3 is 19.1 Å². The van der Waals surface area contributed by atoms with Crippen molar-refractivity contribution in [3.63, 3.8) is 0 Å². The molecule has 6 heteroatoms. The molecule has 0 saturated carbocycles. The molecule has 1 aliphatic heterocycles. The van der Waals surface area contributed by atoms with Crippen LogP contribution in [0.5, 0.6) is 17.2 Å². The minimum absolute atomic E-state index is 0.127. The van der Waals surface area contributed by atoms with Crippen LogP contribution in [0.3, 0.4) is 0 Å². The molecule has 1 heterocycles. The minimum atomic E-state index is 0.127. The molecule has 0 fully saturated rings. The van der Waals surface area contributed by atoms with E-state index in [1.807, 2.05) is 47.0 Å². The molecule has 0 atom stereocenters. The van der Waals surface area contributed by atoms with Crippen LogP contribution in [0.25, 0.3) is 0 Å².